The topological polar surface area (TPSA) is 74.6 Å². The smallest absolute Gasteiger partial charge is 0.231 e. The summed E-state index contributed by atoms with van der Waals surface area (Å²) in [5.41, 5.74) is 0.708. The summed E-state index contributed by atoms with van der Waals surface area (Å²) in [6.45, 7) is 4.98. The number of hydrogen-bond acceptors (Lipinski definition) is 4. The van der Waals surface area contributed by atoms with Gasteiger partial charge in [-0.05, 0) is 78.9 Å². The monoisotopic (exact) mass is 544 g/mol. The highest BCUT2D eigenvalue weighted by Gasteiger charge is 2.38. The van der Waals surface area contributed by atoms with Crippen molar-refractivity contribution in [1.29, 1.82) is 0 Å². The van der Waals surface area contributed by atoms with Crippen LogP contribution in [0.4, 0.5) is 8.78 Å². The molecular weight excluding hydrogens is 525 g/mol. The Morgan fingerprint density at radius 2 is 1.27 bits per heavy atom. The molecule has 0 radical (unpaired) electrons. The van der Waals surface area contributed by atoms with Gasteiger partial charge in [0.25, 0.3) is 0 Å². The summed E-state index contributed by atoms with van der Waals surface area (Å²) >= 11 is 1.33. The number of halogens is 3. The van der Waals surface area contributed by atoms with Gasteiger partial charge in [-0.15, -0.1) is 0 Å². The van der Waals surface area contributed by atoms with Crippen molar-refractivity contribution in [2.75, 3.05) is 0 Å². The summed E-state index contributed by atoms with van der Waals surface area (Å²) in [4.78, 5) is 0.00821. The Morgan fingerprint density at radius 1 is 0.833 bits per heavy atom. The van der Waals surface area contributed by atoms with E-state index >= 15 is 0 Å². The summed E-state index contributed by atoms with van der Waals surface area (Å²) in [6, 6.07) is 11.0. The average Bonchev–Trinajstić information content (AvgIpc) is 2.66. The van der Waals surface area contributed by atoms with Crippen molar-refractivity contribution in [3.05, 3.63) is 88.0 Å². The first-order valence-electron chi connectivity index (χ1n) is 8.90. The molecular formula is C22H19F2IO4S. The molecule has 158 valence electrons. The van der Waals surface area contributed by atoms with Crippen molar-refractivity contribution >= 4 is 28.2 Å². The maximum atomic E-state index is 14.4. The van der Waals surface area contributed by atoms with E-state index in [-0.39, 0.29) is 4.90 Å². The molecule has 3 rings (SSSR count). The van der Waals surface area contributed by atoms with Crippen LogP contribution in [0.1, 0.15) is 34.7 Å². The van der Waals surface area contributed by atoms with E-state index in [1.54, 1.807) is 39.0 Å². The molecule has 0 aliphatic heterocycles. The van der Waals surface area contributed by atoms with Crippen LogP contribution in [0.15, 0.2) is 53.4 Å². The second-order valence-electron chi connectivity index (χ2n) is 7.30. The molecule has 8 heteroatoms. The maximum Gasteiger partial charge on any atom is 0.231 e. The Bertz CT molecular complexity index is 1200. The average molecular weight is 544 g/mol. The molecule has 0 saturated heterocycles. The Balaban J connectivity index is 2.53. The van der Waals surface area contributed by atoms with Gasteiger partial charge < -0.3 is 10.2 Å². The van der Waals surface area contributed by atoms with E-state index in [0.717, 1.165) is 12.1 Å². The van der Waals surface area contributed by atoms with Crippen LogP contribution in [0.5, 0.6) is 11.5 Å². The van der Waals surface area contributed by atoms with Crippen LogP contribution >= 0.6 is 21.2 Å². The van der Waals surface area contributed by atoms with Crippen LogP contribution in [0.2, 0.25) is 0 Å². The molecule has 3 aromatic carbocycles. The molecule has 0 aliphatic carbocycles. The van der Waals surface area contributed by atoms with Gasteiger partial charge in [0, 0.05) is 5.41 Å². The minimum absolute atomic E-state index is 0.00821. The molecule has 0 heterocycles. The molecule has 2 N–H and O–H groups in total. The predicted molar refractivity (Wildman–Crippen MR) is 119 cm³/mol. The van der Waals surface area contributed by atoms with Gasteiger partial charge in [-0.2, -0.15) is 0 Å². The normalized spacial score (nSPS) is 12.2. The predicted octanol–water partition coefficient (Wildman–Crippen LogP) is 5.47. The van der Waals surface area contributed by atoms with Crippen molar-refractivity contribution in [3.8, 4) is 11.5 Å². The molecule has 3 aromatic rings. The summed E-state index contributed by atoms with van der Waals surface area (Å²) < 4.78 is 53.9. The van der Waals surface area contributed by atoms with Gasteiger partial charge in [-0.3, -0.25) is 0 Å². The molecule has 30 heavy (non-hydrogen) atoms. The zero-order chi connectivity index (χ0) is 22.4. The van der Waals surface area contributed by atoms with Gasteiger partial charge in [-0.25, -0.2) is 17.2 Å². The number of aryl methyl sites for hydroxylation is 2. The van der Waals surface area contributed by atoms with Crippen molar-refractivity contribution in [2.24, 2.45) is 0 Å². The van der Waals surface area contributed by atoms with E-state index in [2.05, 4.69) is 0 Å². The molecule has 0 unspecified atom stereocenters. The highest BCUT2D eigenvalue weighted by atomic mass is 127. The maximum absolute atomic E-state index is 14.4. The molecule has 4 nitrogen and oxygen atoms in total. The molecule has 0 atom stereocenters. The summed E-state index contributed by atoms with van der Waals surface area (Å²) in [7, 11) is -3.71. The zero-order valence-electron chi connectivity index (χ0n) is 16.4. The number of hydrogen-bond donors (Lipinski definition) is 2. The van der Waals surface area contributed by atoms with E-state index in [9.17, 15) is 27.4 Å². The first-order chi connectivity index (χ1) is 13.9. The van der Waals surface area contributed by atoms with E-state index < -0.39 is 35.6 Å². The highest BCUT2D eigenvalue weighted by molar-refractivity contribution is 14.2. The Hall–Kier alpha value is -2.20. The van der Waals surface area contributed by atoms with Gasteiger partial charge in [0.2, 0.25) is 7.01 Å². The molecule has 0 fully saturated rings. The number of aromatic hydroxyl groups is 2. The third-order valence-corrected chi connectivity index (χ3v) is 7.66. The second kappa shape index (κ2) is 7.81. The number of phenolic OH excluding ortho intramolecular Hbond substituents is 2. The van der Waals surface area contributed by atoms with Crippen molar-refractivity contribution < 1.29 is 27.4 Å². The lowest BCUT2D eigenvalue weighted by Crippen LogP contribution is -2.29. The number of benzene rings is 3. The van der Waals surface area contributed by atoms with Crippen LogP contribution in [0.25, 0.3) is 0 Å². The molecule has 0 amide bonds. The van der Waals surface area contributed by atoms with Gasteiger partial charge >= 0.3 is 0 Å². The second-order valence-corrected chi connectivity index (χ2v) is 12.1. The third kappa shape index (κ3) is 3.78. The Morgan fingerprint density at radius 3 is 1.70 bits per heavy atom. The number of phenols is 2. The van der Waals surface area contributed by atoms with Crippen LogP contribution in [0.3, 0.4) is 0 Å². The molecule has 0 spiro atoms. The quantitative estimate of drug-likeness (QED) is 0.260. The molecule has 0 bridgehead atoms. The SMILES string of the molecule is Cc1cc(O)c(F)cc1C(C)(c1cc(F)c(O)cc1C)c1ccccc1S(=O)(=O)I. The first-order valence-corrected chi connectivity index (χ1v) is 12.9. The largest absolute Gasteiger partial charge is 0.505 e. The minimum Gasteiger partial charge on any atom is -0.505 e. The van der Waals surface area contributed by atoms with Crippen LogP contribution in [-0.2, 0) is 12.4 Å². The van der Waals surface area contributed by atoms with E-state index in [4.69, 9.17) is 0 Å². The first kappa shape index (κ1) is 22.5. The fourth-order valence-corrected chi connectivity index (χ4v) is 5.87. The van der Waals surface area contributed by atoms with Gasteiger partial charge in [0.05, 0.1) is 26.1 Å². The molecule has 0 saturated carbocycles. The van der Waals surface area contributed by atoms with Crippen LogP contribution in [0, 0.1) is 25.5 Å². The van der Waals surface area contributed by atoms with Gasteiger partial charge in [0.15, 0.2) is 23.1 Å². The summed E-state index contributed by atoms with van der Waals surface area (Å²) in [5, 5.41) is 19.6. The fourth-order valence-electron chi connectivity index (χ4n) is 3.94. The summed E-state index contributed by atoms with van der Waals surface area (Å²) in [6.07, 6.45) is 0. The fraction of sp³-hybridized carbons (Fsp3) is 0.182. The van der Waals surface area contributed by atoms with Crippen LogP contribution in [-0.4, -0.2) is 18.6 Å². The standard InChI is InChI=1S/C22H19F2IO4S/c1-12-8-19(26)17(23)10-15(12)22(3,16-11-18(24)20(27)9-13(16)2)14-6-4-5-7-21(14)30(25,28)29/h4-11,26-27H,1-3H3. The minimum atomic E-state index is -3.71. The number of rotatable bonds is 4. The lowest BCUT2D eigenvalue weighted by Gasteiger charge is -2.35. The third-order valence-electron chi connectivity index (χ3n) is 5.35. The lowest BCUT2D eigenvalue weighted by atomic mass is 9.68. The summed E-state index contributed by atoms with van der Waals surface area (Å²) in [5.74, 6) is -2.84. The van der Waals surface area contributed by atoms with Crippen molar-refractivity contribution in [3.63, 3.8) is 0 Å². The van der Waals surface area contributed by atoms with E-state index in [1.165, 1.54) is 39.4 Å². The molecule has 0 aromatic heterocycles. The van der Waals surface area contributed by atoms with Crippen LogP contribution < -0.4 is 0 Å². The van der Waals surface area contributed by atoms with E-state index in [0.29, 0.717) is 27.8 Å². The van der Waals surface area contributed by atoms with E-state index in [1.807, 2.05) is 0 Å². The van der Waals surface area contributed by atoms with Crippen molar-refractivity contribution in [2.45, 2.75) is 31.1 Å². The Labute approximate surface area is 185 Å². The molecule has 0 aliphatic rings. The zero-order valence-corrected chi connectivity index (χ0v) is 19.3. The lowest BCUT2D eigenvalue weighted by molar-refractivity contribution is 0.428. The van der Waals surface area contributed by atoms with Gasteiger partial charge in [-0.1, -0.05) is 18.2 Å². The highest BCUT2D eigenvalue weighted by Crippen LogP contribution is 2.46. The Kier molecular flexibility index (Phi) is 5.85. The van der Waals surface area contributed by atoms with Gasteiger partial charge in [0.1, 0.15) is 0 Å². The van der Waals surface area contributed by atoms with Crippen molar-refractivity contribution in [1.82, 2.24) is 0 Å².